The Morgan fingerprint density at radius 3 is 2.58 bits per heavy atom. The van der Waals surface area contributed by atoms with Crippen molar-refractivity contribution in [3.05, 3.63) is 55.6 Å². The van der Waals surface area contributed by atoms with Gasteiger partial charge >= 0.3 is 0 Å². The van der Waals surface area contributed by atoms with E-state index in [-0.39, 0.29) is 17.9 Å². The lowest BCUT2D eigenvalue weighted by Gasteiger charge is -2.13. The molecule has 0 atom stereocenters. The van der Waals surface area contributed by atoms with Gasteiger partial charge in [-0.25, -0.2) is 0 Å². The van der Waals surface area contributed by atoms with Crippen LogP contribution in [0.3, 0.4) is 0 Å². The van der Waals surface area contributed by atoms with E-state index in [2.05, 4.69) is 33.2 Å². The number of methoxy groups -OCH3 is 1. The second-order valence-electron chi connectivity index (χ2n) is 6.20. The lowest BCUT2D eigenvalue weighted by molar-refractivity contribution is 0.0949. The summed E-state index contributed by atoms with van der Waals surface area (Å²) in [5.41, 5.74) is 2.29. The van der Waals surface area contributed by atoms with E-state index in [0.29, 0.717) is 27.6 Å². The van der Waals surface area contributed by atoms with E-state index in [1.165, 1.54) is 7.11 Å². The Labute approximate surface area is 170 Å². The van der Waals surface area contributed by atoms with Gasteiger partial charge in [0.05, 0.1) is 17.7 Å². The molecule has 1 aliphatic rings. The summed E-state index contributed by atoms with van der Waals surface area (Å²) in [5.74, 6) is -0.0301. The molecule has 5 nitrogen and oxygen atoms in total. The fraction of sp³-hybridized carbons (Fsp3) is 0.263. The molecule has 136 valence electrons. The molecule has 0 radical (unpaired) electrons. The van der Waals surface area contributed by atoms with E-state index in [9.17, 15) is 9.59 Å². The zero-order chi connectivity index (χ0) is 18.8. The normalized spacial score (nSPS) is 13.2. The zero-order valence-corrected chi connectivity index (χ0v) is 17.3. The highest BCUT2D eigenvalue weighted by Gasteiger charge is 2.24. The molecule has 2 aromatic carbocycles. The minimum absolute atomic E-state index is 0.127. The monoisotopic (exact) mass is 484 g/mol. The molecule has 26 heavy (non-hydrogen) atoms. The molecule has 0 saturated heterocycles. The standard InChI is InChI=1S/C19H18ClIN2O3/c1-10-3-4-11(18(24)22-12-5-6-12)7-16(10)23-19(25)13-8-14(20)15(21)9-17(13)26-2/h3-4,7-9,12H,5-6H2,1-2H3,(H,22,24)(H,23,25). The van der Waals surface area contributed by atoms with Crippen LogP contribution >= 0.6 is 34.2 Å². The van der Waals surface area contributed by atoms with Crippen molar-refractivity contribution < 1.29 is 14.3 Å². The van der Waals surface area contributed by atoms with Crippen molar-refractivity contribution >= 4 is 51.7 Å². The maximum Gasteiger partial charge on any atom is 0.259 e. The van der Waals surface area contributed by atoms with Gasteiger partial charge in [-0.2, -0.15) is 0 Å². The van der Waals surface area contributed by atoms with Crippen molar-refractivity contribution in [1.29, 1.82) is 0 Å². The van der Waals surface area contributed by atoms with Gasteiger partial charge in [-0.3, -0.25) is 9.59 Å². The number of halogens is 2. The van der Waals surface area contributed by atoms with Crippen molar-refractivity contribution in [1.82, 2.24) is 5.32 Å². The smallest absolute Gasteiger partial charge is 0.259 e. The van der Waals surface area contributed by atoms with Crippen LogP contribution in [0, 0.1) is 10.5 Å². The van der Waals surface area contributed by atoms with Crippen LogP contribution in [0.4, 0.5) is 5.69 Å². The highest BCUT2D eigenvalue weighted by molar-refractivity contribution is 14.1. The second kappa shape index (κ2) is 7.84. The predicted molar refractivity (Wildman–Crippen MR) is 110 cm³/mol. The third kappa shape index (κ3) is 4.29. The highest BCUT2D eigenvalue weighted by Crippen LogP contribution is 2.29. The fourth-order valence-corrected chi connectivity index (χ4v) is 3.06. The van der Waals surface area contributed by atoms with Crippen molar-refractivity contribution in [2.75, 3.05) is 12.4 Å². The van der Waals surface area contributed by atoms with Gasteiger partial charge in [0.15, 0.2) is 0 Å². The van der Waals surface area contributed by atoms with Gasteiger partial charge in [0, 0.05) is 20.9 Å². The summed E-state index contributed by atoms with van der Waals surface area (Å²) < 4.78 is 6.09. The molecule has 0 aliphatic heterocycles. The molecule has 2 aromatic rings. The maximum atomic E-state index is 12.7. The third-order valence-corrected chi connectivity index (χ3v) is 5.67. The molecule has 0 unspecified atom stereocenters. The predicted octanol–water partition coefficient (Wildman–Crippen LogP) is 4.41. The van der Waals surface area contributed by atoms with Crippen LogP contribution in [0.2, 0.25) is 5.02 Å². The van der Waals surface area contributed by atoms with Gasteiger partial charge in [-0.15, -0.1) is 0 Å². The van der Waals surface area contributed by atoms with E-state index < -0.39 is 0 Å². The summed E-state index contributed by atoms with van der Waals surface area (Å²) in [6.45, 7) is 1.87. The van der Waals surface area contributed by atoms with Crippen molar-refractivity contribution in [3.8, 4) is 5.75 Å². The molecule has 1 saturated carbocycles. The Balaban J connectivity index is 1.85. The number of carbonyl (C=O) groups is 2. The Bertz CT molecular complexity index is 881. The molecule has 3 rings (SSSR count). The van der Waals surface area contributed by atoms with Crippen LogP contribution in [0.15, 0.2) is 30.3 Å². The molecule has 1 fully saturated rings. The minimum Gasteiger partial charge on any atom is -0.496 e. The quantitative estimate of drug-likeness (QED) is 0.618. The lowest BCUT2D eigenvalue weighted by atomic mass is 10.1. The summed E-state index contributed by atoms with van der Waals surface area (Å²) in [7, 11) is 1.50. The zero-order valence-electron chi connectivity index (χ0n) is 14.4. The number of rotatable bonds is 5. The van der Waals surface area contributed by atoms with Gasteiger partial charge in [0.25, 0.3) is 11.8 Å². The average molecular weight is 485 g/mol. The second-order valence-corrected chi connectivity index (χ2v) is 7.77. The van der Waals surface area contributed by atoms with Crippen LogP contribution in [0.5, 0.6) is 5.75 Å². The van der Waals surface area contributed by atoms with Crippen LogP contribution in [0.25, 0.3) is 0 Å². The number of anilines is 1. The molecular formula is C19H18ClIN2O3. The summed E-state index contributed by atoms with van der Waals surface area (Å²) in [4.78, 5) is 25.0. The maximum absolute atomic E-state index is 12.7. The molecule has 2 amide bonds. The molecule has 0 heterocycles. The number of hydrogen-bond donors (Lipinski definition) is 2. The fourth-order valence-electron chi connectivity index (χ4n) is 2.46. The number of amides is 2. The Morgan fingerprint density at radius 2 is 1.92 bits per heavy atom. The van der Waals surface area contributed by atoms with Crippen molar-refractivity contribution in [3.63, 3.8) is 0 Å². The number of carbonyl (C=O) groups excluding carboxylic acids is 2. The van der Waals surface area contributed by atoms with Crippen LogP contribution in [-0.4, -0.2) is 25.0 Å². The molecule has 1 aliphatic carbocycles. The number of hydrogen-bond acceptors (Lipinski definition) is 3. The van der Waals surface area contributed by atoms with Gasteiger partial charge in [-0.05, 0) is 72.2 Å². The van der Waals surface area contributed by atoms with Crippen molar-refractivity contribution in [2.45, 2.75) is 25.8 Å². The first kappa shape index (κ1) is 19.0. The van der Waals surface area contributed by atoms with E-state index in [1.54, 1.807) is 24.3 Å². The average Bonchev–Trinajstić information content (AvgIpc) is 3.42. The Hall–Kier alpha value is -1.80. The first-order chi connectivity index (χ1) is 12.4. The van der Waals surface area contributed by atoms with E-state index in [4.69, 9.17) is 16.3 Å². The number of benzene rings is 2. The number of nitrogens with one attached hydrogen (secondary N) is 2. The molecular weight excluding hydrogens is 467 g/mol. The first-order valence-electron chi connectivity index (χ1n) is 8.15. The van der Waals surface area contributed by atoms with Gasteiger partial charge < -0.3 is 15.4 Å². The largest absolute Gasteiger partial charge is 0.496 e. The SMILES string of the molecule is COc1cc(I)c(Cl)cc1C(=O)Nc1cc(C(=O)NC2CC2)ccc1C. The Morgan fingerprint density at radius 1 is 1.19 bits per heavy atom. The number of aryl methyl sites for hydroxylation is 1. The topological polar surface area (TPSA) is 67.4 Å². The summed E-state index contributed by atoms with van der Waals surface area (Å²) in [6, 6.07) is 8.83. The van der Waals surface area contributed by atoms with Crippen molar-refractivity contribution in [2.24, 2.45) is 0 Å². The Kier molecular flexibility index (Phi) is 5.72. The molecule has 2 N–H and O–H groups in total. The van der Waals surface area contributed by atoms with E-state index >= 15 is 0 Å². The lowest BCUT2D eigenvalue weighted by Crippen LogP contribution is -2.25. The molecule has 0 spiro atoms. The summed E-state index contributed by atoms with van der Waals surface area (Å²) >= 11 is 8.23. The van der Waals surface area contributed by atoms with Gasteiger partial charge in [0.2, 0.25) is 0 Å². The van der Waals surface area contributed by atoms with Gasteiger partial charge in [-0.1, -0.05) is 17.7 Å². The van der Waals surface area contributed by atoms with E-state index in [1.807, 2.05) is 13.0 Å². The summed E-state index contributed by atoms with van der Waals surface area (Å²) in [6.07, 6.45) is 2.04. The summed E-state index contributed by atoms with van der Waals surface area (Å²) in [5, 5.41) is 6.27. The molecule has 0 aromatic heterocycles. The van der Waals surface area contributed by atoms with Crippen LogP contribution < -0.4 is 15.4 Å². The third-order valence-electron chi connectivity index (χ3n) is 4.15. The first-order valence-corrected chi connectivity index (χ1v) is 9.60. The number of ether oxygens (including phenoxy) is 1. The minimum atomic E-state index is -0.344. The van der Waals surface area contributed by atoms with Gasteiger partial charge in [0.1, 0.15) is 5.75 Å². The molecule has 0 bridgehead atoms. The molecule has 7 heteroatoms. The van der Waals surface area contributed by atoms with Crippen LogP contribution in [-0.2, 0) is 0 Å². The highest BCUT2D eigenvalue weighted by atomic mass is 127. The van der Waals surface area contributed by atoms with E-state index in [0.717, 1.165) is 22.0 Å². The van der Waals surface area contributed by atoms with Crippen LogP contribution in [0.1, 0.15) is 39.1 Å².